The number of para-hydroxylation sites is 1. The lowest BCUT2D eigenvalue weighted by molar-refractivity contribution is -0.155. The number of nitrogens with one attached hydrogen (secondary N) is 1. The molecular formula is C18H25NO6S. The van der Waals surface area contributed by atoms with Gasteiger partial charge in [-0.25, -0.2) is 8.42 Å². The lowest BCUT2D eigenvalue weighted by atomic mass is 10.1. The molecule has 0 unspecified atom stereocenters. The van der Waals surface area contributed by atoms with Crippen LogP contribution in [0.25, 0.3) is 0 Å². The third-order valence-electron chi connectivity index (χ3n) is 4.13. The van der Waals surface area contributed by atoms with Gasteiger partial charge < -0.3 is 14.8 Å². The van der Waals surface area contributed by atoms with Crippen molar-refractivity contribution in [3.8, 4) is 5.75 Å². The fourth-order valence-corrected chi connectivity index (χ4v) is 4.45. The summed E-state index contributed by atoms with van der Waals surface area (Å²) < 4.78 is 33.5. The second-order valence-electron chi connectivity index (χ2n) is 6.28. The molecule has 1 amide bonds. The van der Waals surface area contributed by atoms with E-state index in [0.717, 1.165) is 11.3 Å². The minimum atomic E-state index is -3.07. The summed E-state index contributed by atoms with van der Waals surface area (Å²) in [7, 11) is -3.07. The van der Waals surface area contributed by atoms with Crippen molar-refractivity contribution in [1.82, 2.24) is 5.32 Å². The van der Waals surface area contributed by atoms with Crippen LogP contribution < -0.4 is 10.1 Å². The number of hydrogen-bond acceptors (Lipinski definition) is 6. The van der Waals surface area contributed by atoms with E-state index < -0.39 is 33.9 Å². The van der Waals surface area contributed by atoms with Crippen LogP contribution in [-0.2, 0) is 30.6 Å². The van der Waals surface area contributed by atoms with Crippen molar-refractivity contribution < 1.29 is 27.5 Å². The maximum atomic E-state index is 12.1. The average molecular weight is 383 g/mol. The predicted octanol–water partition coefficient (Wildman–Crippen LogP) is 1.25. The predicted molar refractivity (Wildman–Crippen MR) is 96.7 cm³/mol. The zero-order chi connectivity index (χ0) is 19.2. The van der Waals surface area contributed by atoms with Gasteiger partial charge in [-0.05, 0) is 38.3 Å². The Hall–Kier alpha value is -2.09. The van der Waals surface area contributed by atoms with Crippen LogP contribution in [0.1, 0.15) is 32.3 Å². The minimum absolute atomic E-state index is 0.0619. The highest BCUT2D eigenvalue weighted by atomic mass is 32.2. The summed E-state index contributed by atoms with van der Waals surface area (Å²) in [5.74, 6) is -0.219. The van der Waals surface area contributed by atoms with Gasteiger partial charge in [0.1, 0.15) is 5.75 Å². The van der Waals surface area contributed by atoms with E-state index >= 15 is 0 Å². The molecule has 26 heavy (non-hydrogen) atoms. The van der Waals surface area contributed by atoms with Gasteiger partial charge in [0.2, 0.25) is 0 Å². The molecule has 0 saturated carbocycles. The molecule has 1 fully saturated rings. The van der Waals surface area contributed by atoms with Crippen molar-refractivity contribution in [2.45, 2.75) is 45.3 Å². The van der Waals surface area contributed by atoms with Gasteiger partial charge in [0.15, 0.2) is 15.9 Å². The van der Waals surface area contributed by atoms with Crippen LogP contribution in [0.15, 0.2) is 24.3 Å². The number of rotatable bonds is 8. The SMILES string of the molecule is CCOc1ccccc1CCC(=O)O[C@H](C)C(=O)N[C@H]1CCS(=O)(=O)C1. The first kappa shape index (κ1) is 20.2. The number of esters is 1. The number of carbonyl (C=O) groups is 2. The van der Waals surface area contributed by atoms with Gasteiger partial charge in [-0.3, -0.25) is 9.59 Å². The Bertz CT molecular complexity index is 746. The Labute approximate surface area is 154 Å². The lowest BCUT2D eigenvalue weighted by Crippen LogP contribution is -2.42. The molecule has 144 valence electrons. The van der Waals surface area contributed by atoms with Crippen molar-refractivity contribution >= 4 is 21.7 Å². The molecule has 1 aliphatic heterocycles. The van der Waals surface area contributed by atoms with Crippen LogP contribution in [-0.4, -0.2) is 50.6 Å². The highest BCUT2D eigenvalue weighted by Gasteiger charge is 2.30. The molecule has 7 nitrogen and oxygen atoms in total. The molecule has 1 saturated heterocycles. The molecule has 1 aliphatic rings. The highest BCUT2D eigenvalue weighted by molar-refractivity contribution is 7.91. The van der Waals surface area contributed by atoms with Crippen molar-refractivity contribution in [3.63, 3.8) is 0 Å². The Balaban J connectivity index is 1.79. The van der Waals surface area contributed by atoms with Crippen LogP contribution >= 0.6 is 0 Å². The van der Waals surface area contributed by atoms with E-state index in [0.29, 0.717) is 19.4 Å². The molecule has 1 aromatic carbocycles. The van der Waals surface area contributed by atoms with Gasteiger partial charge in [-0.1, -0.05) is 18.2 Å². The van der Waals surface area contributed by atoms with E-state index in [2.05, 4.69) is 5.32 Å². The van der Waals surface area contributed by atoms with E-state index in [9.17, 15) is 18.0 Å². The first-order valence-electron chi connectivity index (χ1n) is 8.71. The van der Waals surface area contributed by atoms with Crippen LogP contribution in [0.3, 0.4) is 0 Å². The molecule has 2 rings (SSSR count). The number of sulfone groups is 1. The number of ether oxygens (including phenoxy) is 2. The van der Waals surface area contributed by atoms with E-state index in [4.69, 9.17) is 9.47 Å². The second kappa shape index (κ2) is 9.02. The topological polar surface area (TPSA) is 98.8 Å². The Morgan fingerprint density at radius 2 is 2.04 bits per heavy atom. The van der Waals surface area contributed by atoms with Crippen molar-refractivity contribution in [2.75, 3.05) is 18.1 Å². The molecule has 0 bridgehead atoms. The number of carbonyl (C=O) groups excluding carboxylic acids is 2. The standard InChI is InChI=1S/C18H25NO6S/c1-3-24-16-7-5-4-6-14(16)8-9-17(20)25-13(2)18(21)19-15-10-11-26(22,23)12-15/h4-7,13,15H,3,8-12H2,1-2H3,(H,19,21)/t13-,15+/m1/s1. The van der Waals surface area contributed by atoms with Crippen molar-refractivity contribution in [1.29, 1.82) is 0 Å². The normalized spacial score (nSPS) is 19.5. The van der Waals surface area contributed by atoms with Crippen LogP contribution in [0.4, 0.5) is 0 Å². The summed E-state index contributed by atoms with van der Waals surface area (Å²) in [6, 6.07) is 7.05. The zero-order valence-corrected chi connectivity index (χ0v) is 15.9. The summed E-state index contributed by atoms with van der Waals surface area (Å²) in [5.41, 5.74) is 0.902. The first-order chi connectivity index (χ1) is 12.3. The summed E-state index contributed by atoms with van der Waals surface area (Å²) in [5, 5.41) is 2.62. The maximum Gasteiger partial charge on any atom is 0.306 e. The van der Waals surface area contributed by atoms with Gasteiger partial charge in [-0.2, -0.15) is 0 Å². The smallest absolute Gasteiger partial charge is 0.306 e. The van der Waals surface area contributed by atoms with Gasteiger partial charge in [0, 0.05) is 12.5 Å². The molecule has 1 N–H and O–H groups in total. The molecule has 0 radical (unpaired) electrons. The summed E-state index contributed by atoms with van der Waals surface area (Å²) >= 11 is 0. The highest BCUT2D eigenvalue weighted by Crippen LogP contribution is 2.20. The molecule has 8 heteroatoms. The maximum absolute atomic E-state index is 12.1. The second-order valence-corrected chi connectivity index (χ2v) is 8.51. The van der Waals surface area contributed by atoms with Crippen LogP contribution in [0.2, 0.25) is 0 Å². The van der Waals surface area contributed by atoms with Crippen LogP contribution in [0.5, 0.6) is 5.75 Å². The monoisotopic (exact) mass is 383 g/mol. The summed E-state index contributed by atoms with van der Waals surface area (Å²) in [6.45, 7) is 3.90. The van der Waals surface area contributed by atoms with Gasteiger partial charge in [-0.15, -0.1) is 0 Å². The Morgan fingerprint density at radius 1 is 1.31 bits per heavy atom. The third kappa shape index (κ3) is 6.01. The van der Waals surface area contributed by atoms with Crippen LogP contribution in [0, 0.1) is 0 Å². The van der Waals surface area contributed by atoms with E-state index in [1.54, 1.807) is 0 Å². The molecule has 2 atom stereocenters. The summed E-state index contributed by atoms with van der Waals surface area (Å²) in [6.07, 6.45) is 0.0000918. The molecule has 0 aliphatic carbocycles. The third-order valence-corrected chi connectivity index (χ3v) is 5.90. The summed E-state index contributed by atoms with van der Waals surface area (Å²) in [4.78, 5) is 24.1. The number of amides is 1. The molecular weight excluding hydrogens is 358 g/mol. The lowest BCUT2D eigenvalue weighted by Gasteiger charge is -2.16. The van der Waals surface area contributed by atoms with E-state index in [-0.39, 0.29) is 17.9 Å². The number of aryl methyl sites for hydroxylation is 1. The average Bonchev–Trinajstić information content (AvgIpc) is 2.92. The largest absolute Gasteiger partial charge is 0.494 e. The first-order valence-corrected chi connectivity index (χ1v) is 10.5. The fourth-order valence-electron chi connectivity index (χ4n) is 2.78. The Kier molecular flexibility index (Phi) is 7.02. The minimum Gasteiger partial charge on any atom is -0.494 e. The number of hydrogen-bond donors (Lipinski definition) is 1. The fraction of sp³-hybridized carbons (Fsp3) is 0.556. The van der Waals surface area contributed by atoms with E-state index in [1.165, 1.54) is 6.92 Å². The number of benzene rings is 1. The quantitative estimate of drug-likeness (QED) is 0.679. The van der Waals surface area contributed by atoms with Gasteiger partial charge in [0.05, 0.1) is 18.1 Å². The van der Waals surface area contributed by atoms with Crippen molar-refractivity contribution in [2.24, 2.45) is 0 Å². The zero-order valence-electron chi connectivity index (χ0n) is 15.1. The van der Waals surface area contributed by atoms with E-state index in [1.807, 2.05) is 31.2 Å². The Morgan fingerprint density at radius 3 is 2.69 bits per heavy atom. The molecule has 1 aromatic rings. The van der Waals surface area contributed by atoms with Gasteiger partial charge in [0.25, 0.3) is 5.91 Å². The van der Waals surface area contributed by atoms with Gasteiger partial charge >= 0.3 is 5.97 Å². The molecule has 0 spiro atoms. The molecule has 0 aromatic heterocycles. The molecule has 1 heterocycles. The van der Waals surface area contributed by atoms with Crippen molar-refractivity contribution in [3.05, 3.63) is 29.8 Å².